The summed E-state index contributed by atoms with van der Waals surface area (Å²) >= 11 is 1.92. The zero-order chi connectivity index (χ0) is 14.5. The lowest BCUT2D eigenvalue weighted by molar-refractivity contribution is 0.0551. The predicted molar refractivity (Wildman–Crippen MR) is 89.4 cm³/mol. The molecule has 0 saturated carbocycles. The molecule has 0 aromatic carbocycles. The van der Waals surface area contributed by atoms with Crippen LogP contribution in [0.4, 0.5) is 0 Å². The summed E-state index contributed by atoms with van der Waals surface area (Å²) in [5.74, 6) is 0.670. The van der Waals surface area contributed by atoms with Crippen LogP contribution < -0.4 is 5.32 Å². The minimum Gasteiger partial charge on any atom is -0.311 e. The molecule has 1 aliphatic rings. The summed E-state index contributed by atoms with van der Waals surface area (Å²) in [6.07, 6.45) is 3.80. The van der Waals surface area contributed by atoms with Crippen molar-refractivity contribution in [3.05, 3.63) is 22.4 Å². The molecule has 3 heteroatoms. The van der Waals surface area contributed by atoms with Crippen molar-refractivity contribution in [1.82, 2.24) is 10.2 Å². The molecule has 0 amide bonds. The molecule has 0 spiro atoms. The molecule has 2 rings (SSSR count). The quantitative estimate of drug-likeness (QED) is 0.841. The third-order valence-electron chi connectivity index (χ3n) is 4.47. The van der Waals surface area contributed by atoms with Gasteiger partial charge in [-0.2, -0.15) is 0 Å². The van der Waals surface area contributed by atoms with E-state index in [1.807, 2.05) is 11.3 Å². The normalized spacial score (nSPS) is 26.1. The van der Waals surface area contributed by atoms with E-state index in [2.05, 4.69) is 55.4 Å². The number of thiophene rings is 1. The van der Waals surface area contributed by atoms with Crippen LogP contribution >= 0.6 is 11.3 Å². The first-order valence-corrected chi connectivity index (χ1v) is 9.07. The average molecular weight is 295 g/mol. The van der Waals surface area contributed by atoms with Gasteiger partial charge in [0.1, 0.15) is 0 Å². The molecule has 1 saturated heterocycles. The highest BCUT2D eigenvalue weighted by Crippen LogP contribution is 2.35. The summed E-state index contributed by atoms with van der Waals surface area (Å²) in [6, 6.07) is 6.45. The maximum Gasteiger partial charge on any atom is 0.0468 e. The summed E-state index contributed by atoms with van der Waals surface area (Å²) in [4.78, 5) is 4.32. The summed E-state index contributed by atoms with van der Waals surface area (Å²) in [7, 11) is 0. The molecule has 114 valence electrons. The molecule has 0 aliphatic carbocycles. The van der Waals surface area contributed by atoms with Gasteiger partial charge in [0, 0.05) is 36.1 Å². The van der Waals surface area contributed by atoms with E-state index in [-0.39, 0.29) is 0 Å². The molecule has 3 unspecified atom stereocenters. The van der Waals surface area contributed by atoms with Gasteiger partial charge in [-0.25, -0.2) is 0 Å². The lowest BCUT2D eigenvalue weighted by Gasteiger charge is -2.45. The second kappa shape index (κ2) is 7.58. The Labute approximate surface area is 128 Å². The Balaban J connectivity index is 2.18. The second-order valence-electron chi connectivity index (χ2n) is 6.36. The van der Waals surface area contributed by atoms with E-state index in [4.69, 9.17) is 0 Å². The van der Waals surface area contributed by atoms with Crippen molar-refractivity contribution in [2.24, 2.45) is 5.92 Å². The van der Waals surface area contributed by atoms with E-state index in [1.165, 1.54) is 30.7 Å². The predicted octanol–water partition coefficient (Wildman–Crippen LogP) is 4.30. The van der Waals surface area contributed by atoms with Gasteiger partial charge in [-0.05, 0) is 30.2 Å². The molecule has 1 fully saturated rings. The standard InChI is InChI=1S/C17H30N2S/c1-5-8-14-12-19(15(6-2)11-18-14)17(13(3)4)16-9-7-10-20-16/h7,9-10,13-15,17-18H,5-6,8,11-12H2,1-4H3. The van der Waals surface area contributed by atoms with E-state index in [0.717, 1.165) is 6.54 Å². The number of hydrogen-bond donors (Lipinski definition) is 1. The van der Waals surface area contributed by atoms with Crippen molar-refractivity contribution in [1.29, 1.82) is 0 Å². The molecule has 20 heavy (non-hydrogen) atoms. The first-order valence-electron chi connectivity index (χ1n) is 8.19. The lowest BCUT2D eigenvalue weighted by atomic mass is 9.94. The fourth-order valence-electron chi connectivity index (χ4n) is 3.48. The van der Waals surface area contributed by atoms with Gasteiger partial charge in [0.2, 0.25) is 0 Å². The van der Waals surface area contributed by atoms with Gasteiger partial charge < -0.3 is 5.32 Å². The Kier molecular flexibility index (Phi) is 6.06. The van der Waals surface area contributed by atoms with E-state index in [9.17, 15) is 0 Å². The van der Waals surface area contributed by atoms with Crippen molar-refractivity contribution < 1.29 is 0 Å². The van der Waals surface area contributed by atoms with Gasteiger partial charge in [0.15, 0.2) is 0 Å². The van der Waals surface area contributed by atoms with Crippen molar-refractivity contribution in [2.75, 3.05) is 13.1 Å². The molecule has 0 radical (unpaired) electrons. The van der Waals surface area contributed by atoms with Crippen LogP contribution in [0, 0.1) is 5.92 Å². The first kappa shape index (κ1) is 16.0. The van der Waals surface area contributed by atoms with Gasteiger partial charge in [0.05, 0.1) is 0 Å². The zero-order valence-electron chi connectivity index (χ0n) is 13.4. The van der Waals surface area contributed by atoms with Crippen LogP contribution in [0.25, 0.3) is 0 Å². The molecule has 1 N–H and O–H groups in total. The topological polar surface area (TPSA) is 15.3 Å². The van der Waals surface area contributed by atoms with Gasteiger partial charge >= 0.3 is 0 Å². The number of rotatable bonds is 6. The van der Waals surface area contributed by atoms with Gasteiger partial charge in [-0.15, -0.1) is 11.3 Å². The SMILES string of the molecule is CCCC1CN(C(c2cccs2)C(C)C)C(CC)CN1. The minimum atomic E-state index is 0.585. The molecule has 1 aromatic heterocycles. The smallest absolute Gasteiger partial charge is 0.0468 e. The summed E-state index contributed by atoms with van der Waals surface area (Å²) in [6.45, 7) is 11.7. The van der Waals surface area contributed by atoms with Crippen molar-refractivity contribution in [3.63, 3.8) is 0 Å². The minimum absolute atomic E-state index is 0.585. The molecule has 2 heterocycles. The number of hydrogen-bond acceptors (Lipinski definition) is 3. The number of nitrogens with zero attached hydrogens (tertiary/aromatic N) is 1. The molecule has 0 bridgehead atoms. The monoisotopic (exact) mass is 294 g/mol. The molecule has 2 nitrogen and oxygen atoms in total. The van der Waals surface area contributed by atoms with Crippen molar-refractivity contribution in [3.8, 4) is 0 Å². The third kappa shape index (κ3) is 3.63. The summed E-state index contributed by atoms with van der Waals surface area (Å²) in [5.41, 5.74) is 0. The van der Waals surface area contributed by atoms with Crippen LogP contribution in [0.5, 0.6) is 0 Å². The number of piperazine rings is 1. The van der Waals surface area contributed by atoms with Crippen molar-refractivity contribution in [2.45, 2.75) is 65.1 Å². The maximum atomic E-state index is 3.75. The highest BCUT2D eigenvalue weighted by molar-refractivity contribution is 7.10. The van der Waals surface area contributed by atoms with Crippen LogP contribution in [-0.2, 0) is 0 Å². The largest absolute Gasteiger partial charge is 0.311 e. The number of nitrogens with one attached hydrogen (secondary N) is 1. The van der Waals surface area contributed by atoms with Gasteiger partial charge in [-0.3, -0.25) is 4.90 Å². The van der Waals surface area contributed by atoms with Crippen LogP contribution in [0.15, 0.2) is 17.5 Å². The zero-order valence-corrected chi connectivity index (χ0v) is 14.2. The molecule has 1 aromatic rings. The first-order chi connectivity index (χ1) is 9.67. The van der Waals surface area contributed by atoms with E-state index < -0.39 is 0 Å². The Hall–Kier alpha value is -0.380. The highest BCUT2D eigenvalue weighted by Gasteiger charge is 2.34. The summed E-state index contributed by atoms with van der Waals surface area (Å²) in [5, 5.41) is 5.97. The highest BCUT2D eigenvalue weighted by atomic mass is 32.1. The van der Waals surface area contributed by atoms with E-state index in [1.54, 1.807) is 0 Å². The Morgan fingerprint density at radius 1 is 1.40 bits per heavy atom. The third-order valence-corrected chi connectivity index (χ3v) is 5.42. The van der Waals surface area contributed by atoms with Gasteiger partial charge in [-0.1, -0.05) is 40.2 Å². The molecular formula is C17H30N2S. The Morgan fingerprint density at radius 2 is 2.20 bits per heavy atom. The van der Waals surface area contributed by atoms with E-state index in [0.29, 0.717) is 24.0 Å². The van der Waals surface area contributed by atoms with E-state index >= 15 is 0 Å². The van der Waals surface area contributed by atoms with Crippen LogP contribution in [0.1, 0.15) is 57.9 Å². The fourth-order valence-corrected chi connectivity index (χ4v) is 4.50. The molecule has 1 aliphatic heterocycles. The Bertz CT molecular complexity index is 374. The fraction of sp³-hybridized carbons (Fsp3) is 0.765. The Morgan fingerprint density at radius 3 is 2.75 bits per heavy atom. The van der Waals surface area contributed by atoms with Crippen LogP contribution in [-0.4, -0.2) is 30.1 Å². The lowest BCUT2D eigenvalue weighted by Crippen LogP contribution is -2.57. The maximum absolute atomic E-state index is 3.75. The second-order valence-corrected chi connectivity index (χ2v) is 7.34. The van der Waals surface area contributed by atoms with Crippen LogP contribution in [0.2, 0.25) is 0 Å². The average Bonchev–Trinajstić information content (AvgIpc) is 2.93. The van der Waals surface area contributed by atoms with Crippen LogP contribution in [0.3, 0.4) is 0 Å². The van der Waals surface area contributed by atoms with Gasteiger partial charge in [0.25, 0.3) is 0 Å². The molecular weight excluding hydrogens is 264 g/mol. The summed E-state index contributed by atoms with van der Waals surface area (Å²) < 4.78 is 0. The van der Waals surface area contributed by atoms with Crippen molar-refractivity contribution >= 4 is 11.3 Å². The molecule has 3 atom stereocenters.